The standard InChI is InChI=1S/C26H37N5O4/c1-34-13-12-31-25(32)15-23(17-28-31)30-11-8-22(19-30)26(33)27-16-20-6-9-29(10-7-20)18-21-4-3-5-24(14-21)35-2/h3-5,14-15,17,20,22H,6-13,16,18-19H2,1-2H3,(H,27,33). The number of piperidine rings is 1. The highest BCUT2D eigenvalue weighted by Crippen LogP contribution is 2.23. The number of nitrogens with one attached hydrogen (secondary N) is 1. The summed E-state index contributed by atoms with van der Waals surface area (Å²) >= 11 is 0. The van der Waals surface area contributed by atoms with Crippen LogP contribution in [0.4, 0.5) is 5.69 Å². The highest BCUT2D eigenvalue weighted by molar-refractivity contribution is 5.80. The van der Waals surface area contributed by atoms with Gasteiger partial charge in [0.05, 0.1) is 38.1 Å². The highest BCUT2D eigenvalue weighted by Gasteiger charge is 2.29. The maximum atomic E-state index is 12.8. The van der Waals surface area contributed by atoms with Crippen LogP contribution < -0.4 is 20.5 Å². The minimum absolute atomic E-state index is 0.0564. The zero-order valence-corrected chi connectivity index (χ0v) is 20.8. The van der Waals surface area contributed by atoms with Gasteiger partial charge in [-0.15, -0.1) is 0 Å². The van der Waals surface area contributed by atoms with E-state index in [1.807, 2.05) is 12.1 Å². The van der Waals surface area contributed by atoms with E-state index in [-0.39, 0.29) is 17.4 Å². The first-order valence-corrected chi connectivity index (χ1v) is 12.5. The normalized spacial score (nSPS) is 19.1. The van der Waals surface area contributed by atoms with Gasteiger partial charge in [0.25, 0.3) is 5.56 Å². The summed E-state index contributed by atoms with van der Waals surface area (Å²) in [6.07, 6.45) is 4.67. The van der Waals surface area contributed by atoms with Gasteiger partial charge in [0, 0.05) is 39.4 Å². The van der Waals surface area contributed by atoms with Crippen LogP contribution in [0.5, 0.6) is 5.75 Å². The topological polar surface area (TPSA) is 88.9 Å². The minimum Gasteiger partial charge on any atom is -0.497 e. The molecule has 190 valence electrons. The molecule has 1 amide bonds. The molecule has 2 aliphatic rings. The van der Waals surface area contributed by atoms with E-state index >= 15 is 0 Å². The molecule has 0 radical (unpaired) electrons. The van der Waals surface area contributed by atoms with E-state index < -0.39 is 0 Å². The van der Waals surface area contributed by atoms with E-state index in [1.54, 1.807) is 26.5 Å². The molecule has 2 aromatic rings. The van der Waals surface area contributed by atoms with Crippen molar-refractivity contribution in [1.29, 1.82) is 0 Å². The van der Waals surface area contributed by atoms with Crippen molar-refractivity contribution >= 4 is 11.6 Å². The number of nitrogens with zero attached hydrogens (tertiary/aromatic N) is 4. The fraction of sp³-hybridized carbons (Fsp3) is 0.577. The van der Waals surface area contributed by atoms with Crippen LogP contribution in [0, 0.1) is 11.8 Å². The molecular formula is C26H37N5O4. The fourth-order valence-electron chi connectivity index (χ4n) is 4.92. The molecule has 1 unspecified atom stereocenters. The minimum atomic E-state index is -0.148. The van der Waals surface area contributed by atoms with Crippen LogP contribution in [0.2, 0.25) is 0 Å². The molecule has 4 rings (SSSR count). The molecule has 2 fully saturated rings. The number of methoxy groups -OCH3 is 2. The number of likely N-dealkylation sites (tertiary alicyclic amines) is 1. The lowest BCUT2D eigenvalue weighted by atomic mass is 9.96. The Labute approximate surface area is 207 Å². The lowest BCUT2D eigenvalue weighted by molar-refractivity contribution is -0.124. The largest absolute Gasteiger partial charge is 0.497 e. The van der Waals surface area contributed by atoms with E-state index in [0.717, 1.165) is 63.4 Å². The molecule has 3 heterocycles. The molecule has 0 aliphatic carbocycles. The summed E-state index contributed by atoms with van der Waals surface area (Å²) in [4.78, 5) is 29.6. The van der Waals surface area contributed by atoms with Gasteiger partial charge in [-0.2, -0.15) is 5.10 Å². The van der Waals surface area contributed by atoms with Gasteiger partial charge < -0.3 is 19.7 Å². The molecule has 1 atom stereocenters. The van der Waals surface area contributed by atoms with Crippen molar-refractivity contribution in [2.45, 2.75) is 32.4 Å². The molecule has 1 aromatic carbocycles. The predicted octanol–water partition coefficient (Wildman–Crippen LogP) is 1.75. The van der Waals surface area contributed by atoms with Gasteiger partial charge in [0.2, 0.25) is 5.91 Å². The Balaban J connectivity index is 1.18. The number of rotatable bonds is 10. The smallest absolute Gasteiger partial charge is 0.268 e. The Morgan fingerprint density at radius 3 is 2.71 bits per heavy atom. The van der Waals surface area contributed by atoms with Crippen molar-refractivity contribution in [3.05, 3.63) is 52.4 Å². The maximum Gasteiger partial charge on any atom is 0.268 e. The number of ether oxygens (including phenoxy) is 2. The molecular weight excluding hydrogens is 446 g/mol. The fourth-order valence-corrected chi connectivity index (χ4v) is 4.92. The Morgan fingerprint density at radius 2 is 1.97 bits per heavy atom. The number of anilines is 1. The second-order valence-electron chi connectivity index (χ2n) is 9.52. The molecule has 35 heavy (non-hydrogen) atoms. The summed E-state index contributed by atoms with van der Waals surface area (Å²) in [5, 5.41) is 7.43. The Hall–Kier alpha value is -2.91. The second kappa shape index (κ2) is 12.2. The van der Waals surface area contributed by atoms with E-state index in [0.29, 0.717) is 25.6 Å². The lowest BCUT2D eigenvalue weighted by Gasteiger charge is -2.32. The van der Waals surface area contributed by atoms with Gasteiger partial charge >= 0.3 is 0 Å². The maximum absolute atomic E-state index is 12.8. The molecule has 2 aliphatic heterocycles. The first-order chi connectivity index (χ1) is 17.1. The van der Waals surface area contributed by atoms with Crippen LogP contribution in [0.15, 0.2) is 41.3 Å². The summed E-state index contributed by atoms with van der Waals surface area (Å²) in [7, 11) is 3.30. The van der Waals surface area contributed by atoms with Crippen molar-refractivity contribution in [1.82, 2.24) is 20.0 Å². The van der Waals surface area contributed by atoms with Crippen molar-refractivity contribution < 1.29 is 14.3 Å². The van der Waals surface area contributed by atoms with Gasteiger partial charge in [-0.05, 0) is 56.0 Å². The number of hydrogen-bond acceptors (Lipinski definition) is 7. The van der Waals surface area contributed by atoms with Gasteiger partial charge in [0.15, 0.2) is 0 Å². The summed E-state index contributed by atoms with van der Waals surface area (Å²) in [6.45, 7) is 5.99. The van der Waals surface area contributed by atoms with E-state index in [4.69, 9.17) is 9.47 Å². The summed E-state index contributed by atoms with van der Waals surface area (Å²) in [5.41, 5.74) is 1.90. The van der Waals surface area contributed by atoms with Crippen LogP contribution in [0.3, 0.4) is 0 Å². The average molecular weight is 484 g/mol. The number of carbonyl (C=O) groups excluding carboxylic acids is 1. The van der Waals surface area contributed by atoms with E-state index in [9.17, 15) is 9.59 Å². The average Bonchev–Trinajstić information content (AvgIpc) is 3.38. The Kier molecular flexibility index (Phi) is 8.76. The van der Waals surface area contributed by atoms with Crippen molar-refractivity contribution in [2.24, 2.45) is 11.8 Å². The third kappa shape index (κ3) is 6.82. The van der Waals surface area contributed by atoms with Crippen LogP contribution in [-0.2, 0) is 22.6 Å². The lowest BCUT2D eigenvalue weighted by Crippen LogP contribution is -2.40. The van der Waals surface area contributed by atoms with Crippen LogP contribution in [0.1, 0.15) is 24.8 Å². The first kappa shape index (κ1) is 25.2. The van der Waals surface area contributed by atoms with Gasteiger partial charge in [0.1, 0.15) is 5.75 Å². The molecule has 9 heteroatoms. The molecule has 0 bridgehead atoms. The predicted molar refractivity (Wildman–Crippen MR) is 135 cm³/mol. The summed E-state index contributed by atoms with van der Waals surface area (Å²) in [6, 6.07) is 9.84. The third-order valence-electron chi connectivity index (χ3n) is 7.10. The second-order valence-corrected chi connectivity index (χ2v) is 9.52. The Bertz CT molecular complexity index is 1030. The quantitative estimate of drug-likeness (QED) is 0.551. The molecule has 9 nitrogen and oxygen atoms in total. The number of aromatic nitrogens is 2. The van der Waals surface area contributed by atoms with E-state index in [1.165, 1.54) is 10.2 Å². The molecule has 2 saturated heterocycles. The SMILES string of the molecule is COCCn1ncc(N2CCC(C(=O)NCC3CCN(Cc4cccc(OC)c4)CC3)C2)cc1=O. The number of hydrogen-bond donors (Lipinski definition) is 1. The first-order valence-electron chi connectivity index (χ1n) is 12.5. The number of carbonyl (C=O) groups is 1. The summed E-state index contributed by atoms with van der Waals surface area (Å²) in [5.74, 6) is 1.47. The Morgan fingerprint density at radius 1 is 1.14 bits per heavy atom. The van der Waals surface area contributed by atoms with Crippen molar-refractivity contribution in [2.75, 3.05) is 58.5 Å². The van der Waals surface area contributed by atoms with Crippen LogP contribution >= 0.6 is 0 Å². The van der Waals surface area contributed by atoms with Crippen LogP contribution in [-0.4, -0.2) is 74.1 Å². The van der Waals surface area contributed by atoms with Gasteiger partial charge in [-0.3, -0.25) is 14.5 Å². The third-order valence-corrected chi connectivity index (χ3v) is 7.10. The number of benzene rings is 1. The molecule has 0 spiro atoms. The van der Waals surface area contributed by atoms with E-state index in [2.05, 4.69) is 32.3 Å². The molecule has 1 aromatic heterocycles. The summed E-state index contributed by atoms with van der Waals surface area (Å²) < 4.78 is 11.7. The zero-order chi connectivity index (χ0) is 24.6. The van der Waals surface area contributed by atoms with Crippen molar-refractivity contribution in [3.8, 4) is 5.75 Å². The van der Waals surface area contributed by atoms with Gasteiger partial charge in [-0.1, -0.05) is 12.1 Å². The van der Waals surface area contributed by atoms with Gasteiger partial charge in [-0.25, -0.2) is 4.68 Å². The number of amides is 1. The van der Waals surface area contributed by atoms with Crippen LogP contribution in [0.25, 0.3) is 0 Å². The monoisotopic (exact) mass is 483 g/mol. The highest BCUT2D eigenvalue weighted by atomic mass is 16.5. The van der Waals surface area contributed by atoms with Crippen molar-refractivity contribution in [3.63, 3.8) is 0 Å². The molecule has 1 N–H and O–H groups in total. The zero-order valence-electron chi connectivity index (χ0n) is 20.8. The molecule has 0 saturated carbocycles.